The molecule has 0 bridgehead atoms. The number of ketones is 1. The lowest BCUT2D eigenvalue weighted by atomic mass is 9.99. The summed E-state index contributed by atoms with van der Waals surface area (Å²) in [4.78, 5) is 24.6. The van der Waals surface area contributed by atoms with E-state index in [0.717, 1.165) is 16.6 Å². The Bertz CT molecular complexity index is 1320. The van der Waals surface area contributed by atoms with Crippen molar-refractivity contribution in [3.8, 4) is 22.6 Å². The number of nitrogens with zero attached hydrogens (tertiary/aromatic N) is 1. The molecule has 0 spiro atoms. The highest BCUT2D eigenvalue weighted by Gasteiger charge is 2.24. The minimum absolute atomic E-state index is 0.0787. The predicted octanol–water partition coefficient (Wildman–Crippen LogP) is 5.27. The van der Waals surface area contributed by atoms with Gasteiger partial charge in [-0.25, -0.2) is 4.79 Å². The molecular weight excluding hydrogens is 406 g/mol. The molecule has 6 nitrogen and oxygen atoms in total. The molecule has 0 aliphatic rings. The summed E-state index contributed by atoms with van der Waals surface area (Å²) in [5, 5.41) is 10.9. The summed E-state index contributed by atoms with van der Waals surface area (Å²) in [6.07, 6.45) is 0. The van der Waals surface area contributed by atoms with Gasteiger partial charge in [0, 0.05) is 28.6 Å². The summed E-state index contributed by atoms with van der Waals surface area (Å²) in [7, 11) is 3.18. The van der Waals surface area contributed by atoms with Crippen LogP contribution in [0.4, 0.5) is 0 Å². The predicted molar refractivity (Wildman–Crippen MR) is 123 cm³/mol. The molecule has 0 radical (unpaired) electrons. The normalized spacial score (nSPS) is 10.8. The Morgan fingerprint density at radius 1 is 0.906 bits per heavy atom. The third-order valence-corrected chi connectivity index (χ3v) is 5.53. The molecule has 1 heterocycles. The second kappa shape index (κ2) is 8.59. The van der Waals surface area contributed by atoms with E-state index in [1.54, 1.807) is 43.1 Å². The van der Waals surface area contributed by atoms with Gasteiger partial charge in [-0.05, 0) is 60.5 Å². The van der Waals surface area contributed by atoms with Crippen molar-refractivity contribution >= 4 is 22.7 Å². The maximum atomic E-state index is 12.5. The number of aromatic carboxylic acids is 1. The van der Waals surface area contributed by atoms with Gasteiger partial charge in [-0.2, -0.15) is 0 Å². The van der Waals surface area contributed by atoms with Crippen LogP contribution in [0.3, 0.4) is 0 Å². The number of benzene rings is 3. The van der Waals surface area contributed by atoms with E-state index in [0.29, 0.717) is 34.6 Å². The topological polar surface area (TPSA) is 77.8 Å². The summed E-state index contributed by atoms with van der Waals surface area (Å²) in [6.45, 7) is 1.84. The average molecular weight is 429 g/mol. The number of hydrogen-bond acceptors (Lipinski definition) is 4. The van der Waals surface area contributed by atoms with Crippen LogP contribution < -0.4 is 9.47 Å². The molecule has 1 aromatic heterocycles. The molecule has 6 heteroatoms. The SMILES string of the molecule is COc1ccc(-c2c(C(=O)O)n(Cc3cccc(OC)c3)c3ccc(C(C)=O)cc23)cc1. The molecule has 3 aromatic carbocycles. The first-order valence-electron chi connectivity index (χ1n) is 10.1. The zero-order valence-electron chi connectivity index (χ0n) is 18.1. The number of hydrogen-bond donors (Lipinski definition) is 1. The van der Waals surface area contributed by atoms with Gasteiger partial charge in [-0.1, -0.05) is 24.3 Å². The van der Waals surface area contributed by atoms with E-state index in [2.05, 4.69) is 0 Å². The van der Waals surface area contributed by atoms with Crippen LogP contribution >= 0.6 is 0 Å². The van der Waals surface area contributed by atoms with Crippen molar-refractivity contribution in [3.63, 3.8) is 0 Å². The van der Waals surface area contributed by atoms with Crippen LogP contribution in [0.25, 0.3) is 22.0 Å². The molecule has 4 aromatic rings. The minimum Gasteiger partial charge on any atom is -0.497 e. The number of carboxylic acid groups (broad SMARTS) is 1. The Labute approximate surface area is 185 Å². The Balaban J connectivity index is 2.00. The van der Waals surface area contributed by atoms with Crippen molar-refractivity contribution in [2.24, 2.45) is 0 Å². The van der Waals surface area contributed by atoms with Crippen molar-refractivity contribution in [1.82, 2.24) is 4.57 Å². The third-order valence-electron chi connectivity index (χ3n) is 5.53. The Morgan fingerprint density at radius 3 is 2.25 bits per heavy atom. The molecule has 0 fully saturated rings. The maximum Gasteiger partial charge on any atom is 0.353 e. The van der Waals surface area contributed by atoms with Crippen LogP contribution in [0, 0.1) is 0 Å². The molecule has 0 atom stereocenters. The highest BCUT2D eigenvalue weighted by molar-refractivity contribution is 6.10. The zero-order chi connectivity index (χ0) is 22.8. The van der Waals surface area contributed by atoms with Crippen molar-refractivity contribution in [3.05, 3.63) is 83.6 Å². The first-order chi connectivity index (χ1) is 15.4. The van der Waals surface area contributed by atoms with E-state index in [-0.39, 0.29) is 11.5 Å². The quantitative estimate of drug-likeness (QED) is 0.405. The second-order valence-electron chi connectivity index (χ2n) is 7.48. The van der Waals surface area contributed by atoms with Gasteiger partial charge in [0.05, 0.1) is 14.2 Å². The molecule has 1 N–H and O–H groups in total. The largest absolute Gasteiger partial charge is 0.497 e. The fourth-order valence-corrected chi connectivity index (χ4v) is 3.96. The number of carbonyl (C=O) groups excluding carboxylic acids is 1. The molecule has 4 rings (SSSR count). The summed E-state index contributed by atoms with van der Waals surface area (Å²) >= 11 is 0. The van der Waals surface area contributed by atoms with Crippen molar-refractivity contribution < 1.29 is 24.2 Å². The van der Waals surface area contributed by atoms with Crippen LogP contribution in [0.15, 0.2) is 66.7 Å². The van der Waals surface area contributed by atoms with Gasteiger partial charge in [0.1, 0.15) is 17.2 Å². The highest BCUT2D eigenvalue weighted by atomic mass is 16.5. The summed E-state index contributed by atoms with van der Waals surface area (Å²) in [5.41, 5.74) is 3.64. The minimum atomic E-state index is -1.04. The van der Waals surface area contributed by atoms with Crippen LogP contribution in [0.1, 0.15) is 33.3 Å². The van der Waals surface area contributed by atoms with Gasteiger partial charge in [-0.15, -0.1) is 0 Å². The first-order valence-corrected chi connectivity index (χ1v) is 10.1. The summed E-state index contributed by atoms with van der Waals surface area (Å²) in [5.74, 6) is 0.254. The van der Waals surface area contributed by atoms with Crippen LogP contribution in [0.2, 0.25) is 0 Å². The fraction of sp³-hybridized carbons (Fsp3) is 0.154. The lowest BCUT2D eigenvalue weighted by molar-refractivity contribution is 0.0687. The number of carboxylic acids is 1. The van der Waals surface area contributed by atoms with Gasteiger partial charge in [0.2, 0.25) is 0 Å². The third kappa shape index (κ3) is 3.83. The lowest BCUT2D eigenvalue weighted by Crippen LogP contribution is -2.10. The number of rotatable bonds is 7. The smallest absolute Gasteiger partial charge is 0.353 e. The monoisotopic (exact) mass is 429 g/mol. The van der Waals surface area contributed by atoms with Gasteiger partial charge in [0.15, 0.2) is 5.78 Å². The van der Waals surface area contributed by atoms with Gasteiger partial charge >= 0.3 is 5.97 Å². The van der Waals surface area contributed by atoms with E-state index in [1.165, 1.54) is 6.92 Å². The van der Waals surface area contributed by atoms with E-state index in [1.807, 2.05) is 42.5 Å². The van der Waals surface area contributed by atoms with E-state index >= 15 is 0 Å². The van der Waals surface area contributed by atoms with E-state index < -0.39 is 5.97 Å². The molecule has 0 aliphatic heterocycles. The second-order valence-corrected chi connectivity index (χ2v) is 7.48. The van der Waals surface area contributed by atoms with Crippen LogP contribution in [-0.2, 0) is 6.54 Å². The zero-order valence-corrected chi connectivity index (χ0v) is 18.1. The average Bonchev–Trinajstić information content (AvgIpc) is 3.12. The highest BCUT2D eigenvalue weighted by Crippen LogP contribution is 2.37. The van der Waals surface area contributed by atoms with Crippen LogP contribution in [0.5, 0.6) is 11.5 Å². The van der Waals surface area contributed by atoms with E-state index in [4.69, 9.17) is 9.47 Å². The molecule has 0 aliphatic carbocycles. The summed E-state index contributed by atoms with van der Waals surface area (Å²) < 4.78 is 12.3. The van der Waals surface area contributed by atoms with Crippen molar-refractivity contribution in [2.75, 3.05) is 14.2 Å². The molecule has 162 valence electrons. The first kappa shape index (κ1) is 21.2. The fourth-order valence-electron chi connectivity index (χ4n) is 3.96. The molecule has 0 saturated carbocycles. The lowest BCUT2D eigenvalue weighted by Gasteiger charge is -2.11. The molecular formula is C26H23NO5. The van der Waals surface area contributed by atoms with Gasteiger partial charge in [0.25, 0.3) is 0 Å². The maximum absolute atomic E-state index is 12.5. The summed E-state index contributed by atoms with van der Waals surface area (Å²) in [6, 6.07) is 20.1. The number of methoxy groups -OCH3 is 2. The van der Waals surface area contributed by atoms with Crippen LogP contribution in [-0.4, -0.2) is 35.6 Å². The van der Waals surface area contributed by atoms with Gasteiger partial charge in [-0.3, -0.25) is 4.79 Å². The van der Waals surface area contributed by atoms with Gasteiger partial charge < -0.3 is 19.1 Å². The van der Waals surface area contributed by atoms with Crippen molar-refractivity contribution in [2.45, 2.75) is 13.5 Å². The van der Waals surface area contributed by atoms with Crippen molar-refractivity contribution in [1.29, 1.82) is 0 Å². The standard InChI is InChI=1S/C26H23NO5/c1-16(28)19-9-12-23-22(14-19)24(18-7-10-20(31-2)11-8-18)25(26(29)30)27(23)15-17-5-4-6-21(13-17)32-3/h4-14H,15H2,1-3H3,(H,29,30). The number of ether oxygens (including phenoxy) is 2. The number of carbonyl (C=O) groups is 2. The molecule has 0 unspecified atom stereocenters. The molecule has 32 heavy (non-hydrogen) atoms. The van der Waals surface area contributed by atoms with E-state index in [9.17, 15) is 14.7 Å². The Hall–Kier alpha value is -4.06. The Morgan fingerprint density at radius 2 is 1.62 bits per heavy atom. The number of Topliss-reactive ketones (excluding diaryl/α,β-unsaturated/α-hetero) is 1. The Kier molecular flexibility index (Phi) is 5.69. The molecule has 0 amide bonds. The molecule has 0 saturated heterocycles. The number of fused-ring (bicyclic) bond motifs is 1. The number of aromatic nitrogens is 1.